The van der Waals surface area contributed by atoms with Crippen LogP contribution >= 0.6 is 11.8 Å². The first-order valence-electron chi connectivity index (χ1n) is 3.69. The van der Waals surface area contributed by atoms with Crippen molar-refractivity contribution in [1.29, 1.82) is 0 Å². The second-order valence-electron chi connectivity index (χ2n) is 2.62. The third kappa shape index (κ3) is 1.18. The number of amides is 1. The summed E-state index contributed by atoms with van der Waals surface area (Å²) in [6.07, 6.45) is 3.40. The Labute approximate surface area is 74.6 Å². The van der Waals surface area contributed by atoms with Gasteiger partial charge in [0.25, 0.3) is 0 Å². The van der Waals surface area contributed by atoms with Crippen molar-refractivity contribution in [3.63, 3.8) is 0 Å². The van der Waals surface area contributed by atoms with Crippen LogP contribution in [0, 0.1) is 0 Å². The first-order valence-corrected chi connectivity index (χ1v) is 4.57. The summed E-state index contributed by atoms with van der Waals surface area (Å²) in [7, 11) is 0. The van der Waals surface area contributed by atoms with Crippen molar-refractivity contribution in [1.82, 2.24) is 4.98 Å². The minimum absolute atomic E-state index is 0.0000926. The van der Waals surface area contributed by atoms with Gasteiger partial charge in [0.05, 0.1) is 17.1 Å². The van der Waals surface area contributed by atoms with Crippen molar-refractivity contribution in [2.75, 3.05) is 5.32 Å². The molecule has 3 nitrogen and oxygen atoms in total. The molecule has 62 valence electrons. The van der Waals surface area contributed by atoms with E-state index in [4.69, 9.17) is 0 Å². The monoisotopic (exact) mass is 180 g/mol. The average molecular weight is 180 g/mol. The van der Waals surface area contributed by atoms with Crippen LogP contribution in [0.25, 0.3) is 0 Å². The Balaban J connectivity index is 2.40. The van der Waals surface area contributed by atoms with E-state index in [1.807, 2.05) is 13.0 Å². The Hall–Kier alpha value is -1.03. The van der Waals surface area contributed by atoms with Gasteiger partial charge in [-0.1, -0.05) is 0 Å². The van der Waals surface area contributed by atoms with E-state index in [1.165, 1.54) is 0 Å². The molecule has 2 heterocycles. The zero-order chi connectivity index (χ0) is 8.55. The molecule has 0 fully saturated rings. The first kappa shape index (κ1) is 7.61. The zero-order valence-corrected chi connectivity index (χ0v) is 7.39. The van der Waals surface area contributed by atoms with Gasteiger partial charge in [-0.2, -0.15) is 0 Å². The summed E-state index contributed by atoms with van der Waals surface area (Å²) in [6.45, 7) is 1.89. The lowest BCUT2D eigenvalue weighted by molar-refractivity contribution is -0.115. The van der Waals surface area contributed by atoms with E-state index >= 15 is 0 Å². The fraction of sp³-hybridized carbons (Fsp3) is 0.250. The van der Waals surface area contributed by atoms with Crippen LogP contribution in [0.4, 0.5) is 5.69 Å². The third-order valence-corrected chi connectivity index (χ3v) is 2.89. The summed E-state index contributed by atoms with van der Waals surface area (Å²) < 4.78 is 0. The lowest BCUT2D eigenvalue weighted by Crippen LogP contribution is -2.26. The van der Waals surface area contributed by atoms with Crippen molar-refractivity contribution in [2.45, 2.75) is 17.1 Å². The number of fused-ring (bicyclic) bond motifs is 1. The smallest absolute Gasteiger partial charge is 0.237 e. The summed E-state index contributed by atoms with van der Waals surface area (Å²) in [4.78, 5) is 16.2. The molecule has 0 spiro atoms. The Morgan fingerprint density at radius 1 is 1.67 bits per heavy atom. The molecule has 1 unspecified atom stereocenters. The highest BCUT2D eigenvalue weighted by molar-refractivity contribution is 8.00. The molecule has 1 N–H and O–H groups in total. The van der Waals surface area contributed by atoms with Crippen LogP contribution in [0.5, 0.6) is 0 Å². The summed E-state index contributed by atoms with van der Waals surface area (Å²) in [5.41, 5.74) is 0.825. The summed E-state index contributed by atoms with van der Waals surface area (Å²) in [6, 6.07) is 1.91. The fourth-order valence-electron chi connectivity index (χ4n) is 1.06. The highest BCUT2D eigenvalue weighted by Crippen LogP contribution is 2.34. The normalized spacial score (nSPS) is 21.4. The van der Waals surface area contributed by atoms with E-state index in [9.17, 15) is 4.79 Å². The number of anilines is 1. The molecule has 0 aromatic carbocycles. The SMILES string of the molecule is CC1Sc2ccncc2NC1=O. The number of hydrogen-bond donors (Lipinski definition) is 1. The standard InChI is InChI=1S/C8H8N2OS/c1-5-8(11)10-6-4-9-3-2-7(6)12-5/h2-5H,1H3,(H,10,11). The molecule has 12 heavy (non-hydrogen) atoms. The third-order valence-electron chi connectivity index (χ3n) is 1.71. The van der Waals surface area contributed by atoms with Crippen LogP contribution < -0.4 is 5.32 Å². The summed E-state index contributed by atoms with van der Waals surface area (Å²) >= 11 is 1.57. The average Bonchev–Trinajstić information content (AvgIpc) is 2.07. The maximum absolute atomic E-state index is 11.2. The van der Waals surface area contributed by atoms with Gasteiger partial charge in [-0.25, -0.2) is 0 Å². The largest absolute Gasteiger partial charge is 0.323 e. The molecule has 0 radical (unpaired) electrons. The van der Waals surface area contributed by atoms with Gasteiger partial charge < -0.3 is 5.32 Å². The molecule has 0 aliphatic carbocycles. The number of carbonyl (C=O) groups is 1. The number of carbonyl (C=O) groups excluding carboxylic acids is 1. The van der Waals surface area contributed by atoms with E-state index in [1.54, 1.807) is 24.2 Å². The predicted octanol–water partition coefficient (Wildman–Crippen LogP) is 1.51. The van der Waals surface area contributed by atoms with Crippen molar-refractivity contribution < 1.29 is 4.79 Å². The van der Waals surface area contributed by atoms with Crippen molar-refractivity contribution >= 4 is 23.4 Å². The Kier molecular flexibility index (Phi) is 1.77. The molecule has 1 amide bonds. The predicted molar refractivity (Wildman–Crippen MR) is 48.2 cm³/mol. The number of pyridine rings is 1. The minimum Gasteiger partial charge on any atom is -0.323 e. The number of hydrogen-bond acceptors (Lipinski definition) is 3. The molecule has 4 heteroatoms. The first-order chi connectivity index (χ1) is 5.77. The van der Waals surface area contributed by atoms with Crippen LogP contribution in [0.1, 0.15) is 6.92 Å². The van der Waals surface area contributed by atoms with Crippen molar-refractivity contribution in [3.05, 3.63) is 18.5 Å². The van der Waals surface area contributed by atoms with Crippen LogP contribution in [0.2, 0.25) is 0 Å². The maximum Gasteiger partial charge on any atom is 0.237 e. The van der Waals surface area contributed by atoms with Gasteiger partial charge in [-0.05, 0) is 13.0 Å². The molecule has 1 atom stereocenters. The van der Waals surface area contributed by atoms with Crippen molar-refractivity contribution in [2.24, 2.45) is 0 Å². The van der Waals surface area contributed by atoms with E-state index in [-0.39, 0.29) is 11.2 Å². The topological polar surface area (TPSA) is 42.0 Å². The highest BCUT2D eigenvalue weighted by atomic mass is 32.2. The molecule has 0 bridgehead atoms. The van der Waals surface area contributed by atoms with Gasteiger partial charge >= 0.3 is 0 Å². The van der Waals surface area contributed by atoms with Crippen LogP contribution in [-0.2, 0) is 4.79 Å². The molecule has 1 aliphatic rings. The van der Waals surface area contributed by atoms with Gasteiger partial charge in [0.15, 0.2) is 0 Å². The Morgan fingerprint density at radius 3 is 3.33 bits per heavy atom. The van der Waals surface area contributed by atoms with E-state index in [0.29, 0.717) is 0 Å². The fourth-order valence-corrected chi connectivity index (χ4v) is 1.97. The number of nitrogens with one attached hydrogen (secondary N) is 1. The maximum atomic E-state index is 11.2. The molecule has 0 saturated heterocycles. The zero-order valence-electron chi connectivity index (χ0n) is 6.57. The van der Waals surface area contributed by atoms with Crippen LogP contribution in [0.15, 0.2) is 23.4 Å². The Morgan fingerprint density at radius 2 is 2.50 bits per heavy atom. The molecular weight excluding hydrogens is 172 g/mol. The minimum atomic E-state index is -0.0000926. The van der Waals surface area contributed by atoms with Gasteiger partial charge in [-0.15, -0.1) is 11.8 Å². The van der Waals surface area contributed by atoms with Crippen LogP contribution in [-0.4, -0.2) is 16.1 Å². The van der Waals surface area contributed by atoms with Gasteiger partial charge in [0.2, 0.25) is 5.91 Å². The number of aromatic nitrogens is 1. The van der Waals surface area contributed by atoms with Crippen molar-refractivity contribution in [3.8, 4) is 0 Å². The Bertz CT molecular complexity index is 327. The molecule has 0 saturated carbocycles. The van der Waals surface area contributed by atoms with Gasteiger partial charge in [0.1, 0.15) is 0 Å². The second-order valence-corrected chi connectivity index (χ2v) is 4.00. The number of nitrogens with zero attached hydrogens (tertiary/aromatic N) is 1. The molecular formula is C8H8N2OS. The van der Waals surface area contributed by atoms with E-state index in [2.05, 4.69) is 10.3 Å². The van der Waals surface area contributed by atoms with Gasteiger partial charge in [-0.3, -0.25) is 9.78 Å². The summed E-state index contributed by atoms with van der Waals surface area (Å²) in [5.74, 6) is 0.0560. The second kappa shape index (κ2) is 2.79. The lowest BCUT2D eigenvalue weighted by atomic mass is 10.3. The highest BCUT2D eigenvalue weighted by Gasteiger charge is 2.22. The van der Waals surface area contributed by atoms with E-state index < -0.39 is 0 Å². The van der Waals surface area contributed by atoms with Gasteiger partial charge in [0, 0.05) is 11.1 Å². The molecule has 1 aromatic heterocycles. The quantitative estimate of drug-likeness (QED) is 0.658. The number of thioether (sulfide) groups is 1. The molecule has 2 rings (SSSR count). The summed E-state index contributed by atoms with van der Waals surface area (Å²) in [5, 5.41) is 2.79. The molecule has 1 aromatic rings. The number of rotatable bonds is 0. The molecule has 1 aliphatic heterocycles. The van der Waals surface area contributed by atoms with E-state index in [0.717, 1.165) is 10.6 Å². The lowest BCUT2D eigenvalue weighted by Gasteiger charge is -2.20. The van der Waals surface area contributed by atoms with Crippen LogP contribution in [0.3, 0.4) is 0 Å².